The molecule has 80 valence electrons. The SMILES string of the molecule is CC[C@@H]1CCCC[C@]1(O)C(=O)C(=O)O. The number of hydrogen-bond donors (Lipinski definition) is 2. The van der Waals surface area contributed by atoms with Crippen LogP contribution in [0.5, 0.6) is 0 Å². The van der Waals surface area contributed by atoms with Crippen molar-refractivity contribution in [1.29, 1.82) is 0 Å². The molecule has 2 atom stereocenters. The van der Waals surface area contributed by atoms with Gasteiger partial charge in [-0.15, -0.1) is 0 Å². The molecular weight excluding hydrogens is 184 g/mol. The van der Waals surface area contributed by atoms with E-state index in [1.165, 1.54) is 0 Å². The normalized spacial score (nSPS) is 32.6. The Morgan fingerprint density at radius 1 is 1.43 bits per heavy atom. The van der Waals surface area contributed by atoms with Crippen LogP contribution in [-0.4, -0.2) is 27.6 Å². The number of ketones is 1. The first-order valence-corrected chi connectivity index (χ1v) is 5.02. The molecule has 1 fully saturated rings. The molecule has 2 N–H and O–H groups in total. The molecule has 0 saturated heterocycles. The number of carboxylic acid groups (broad SMARTS) is 1. The molecule has 1 aliphatic rings. The molecule has 1 aliphatic carbocycles. The Balaban J connectivity index is 2.87. The molecule has 0 unspecified atom stereocenters. The molecule has 0 aromatic rings. The number of aliphatic hydroxyl groups is 1. The number of carbonyl (C=O) groups is 2. The van der Waals surface area contributed by atoms with Gasteiger partial charge in [-0.2, -0.15) is 0 Å². The van der Waals surface area contributed by atoms with Crippen molar-refractivity contribution in [2.45, 2.75) is 44.6 Å². The molecule has 1 rings (SSSR count). The van der Waals surface area contributed by atoms with Crippen molar-refractivity contribution in [1.82, 2.24) is 0 Å². The summed E-state index contributed by atoms with van der Waals surface area (Å²) in [6.45, 7) is 1.87. The Morgan fingerprint density at radius 2 is 2.07 bits per heavy atom. The number of rotatable bonds is 3. The zero-order valence-electron chi connectivity index (χ0n) is 8.32. The van der Waals surface area contributed by atoms with Gasteiger partial charge in [0.15, 0.2) is 0 Å². The minimum Gasteiger partial charge on any atom is -0.475 e. The van der Waals surface area contributed by atoms with E-state index < -0.39 is 17.4 Å². The Hall–Kier alpha value is -0.900. The van der Waals surface area contributed by atoms with Crippen molar-refractivity contribution in [3.05, 3.63) is 0 Å². The second-order valence-corrected chi connectivity index (χ2v) is 3.91. The lowest BCUT2D eigenvalue weighted by atomic mass is 9.72. The predicted molar refractivity (Wildman–Crippen MR) is 49.8 cm³/mol. The van der Waals surface area contributed by atoms with Gasteiger partial charge >= 0.3 is 5.97 Å². The number of Topliss-reactive ketones (excluding diaryl/α,β-unsaturated/α-hetero) is 1. The van der Waals surface area contributed by atoms with Crippen LogP contribution in [0.2, 0.25) is 0 Å². The quantitative estimate of drug-likeness (QED) is 0.666. The summed E-state index contributed by atoms with van der Waals surface area (Å²) in [4.78, 5) is 21.9. The van der Waals surface area contributed by atoms with E-state index >= 15 is 0 Å². The predicted octanol–water partition coefficient (Wildman–Crippen LogP) is 0.971. The van der Waals surface area contributed by atoms with Gasteiger partial charge in [-0.25, -0.2) is 4.79 Å². The molecule has 0 aliphatic heterocycles. The fraction of sp³-hybridized carbons (Fsp3) is 0.800. The van der Waals surface area contributed by atoms with Crippen LogP contribution in [0.4, 0.5) is 0 Å². The van der Waals surface area contributed by atoms with Gasteiger partial charge in [-0.3, -0.25) is 4.79 Å². The first-order chi connectivity index (χ1) is 6.52. The lowest BCUT2D eigenvalue weighted by Crippen LogP contribution is -2.50. The highest BCUT2D eigenvalue weighted by Gasteiger charge is 2.47. The third kappa shape index (κ3) is 1.80. The average molecular weight is 200 g/mol. The van der Waals surface area contributed by atoms with Gasteiger partial charge in [0.25, 0.3) is 5.78 Å². The van der Waals surface area contributed by atoms with Crippen LogP contribution in [0.15, 0.2) is 0 Å². The van der Waals surface area contributed by atoms with Crippen molar-refractivity contribution in [3.8, 4) is 0 Å². The molecule has 0 spiro atoms. The van der Waals surface area contributed by atoms with Gasteiger partial charge < -0.3 is 10.2 Å². The largest absolute Gasteiger partial charge is 0.475 e. The molecule has 0 bridgehead atoms. The summed E-state index contributed by atoms with van der Waals surface area (Å²) in [5, 5.41) is 18.6. The molecular formula is C10H16O4. The smallest absolute Gasteiger partial charge is 0.375 e. The van der Waals surface area contributed by atoms with Gasteiger partial charge in [-0.1, -0.05) is 26.2 Å². The fourth-order valence-electron chi connectivity index (χ4n) is 2.25. The van der Waals surface area contributed by atoms with Crippen LogP contribution in [0.25, 0.3) is 0 Å². The van der Waals surface area contributed by atoms with E-state index in [2.05, 4.69) is 0 Å². The van der Waals surface area contributed by atoms with E-state index in [1.807, 2.05) is 6.92 Å². The minimum atomic E-state index is -1.61. The van der Waals surface area contributed by atoms with E-state index in [0.717, 1.165) is 19.3 Å². The first kappa shape index (κ1) is 11.2. The molecule has 0 radical (unpaired) electrons. The molecule has 4 heteroatoms. The number of aliphatic carboxylic acids is 1. The maximum Gasteiger partial charge on any atom is 0.375 e. The second-order valence-electron chi connectivity index (χ2n) is 3.91. The highest BCUT2D eigenvalue weighted by atomic mass is 16.4. The minimum absolute atomic E-state index is 0.195. The zero-order chi connectivity index (χ0) is 10.8. The van der Waals surface area contributed by atoms with Crippen LogP contribution in [0, 0.1) is 5.92 Å². The van der Waals surface area contributed by atoms with Gasteiger partial charge in [0.2, 0.25) is 0 Å². The Kier molecular flexibility index (Phi) is 3.26. The Morgan fingerprint density at radius 3 is 2.57 bits per heavy atom. The summed E-state index contributed by atoms with van der Waals surface area (Å²) >= 11 is 0. The number of hydrogen-bond acceptors (Lipinski definition) is 3. The lowest BCUT2D eigenvalue weighted by molar-refractivity contribution is -0.165. The molecule has 1 saturated carbocycles. The van der Waals surface area contributed by atoms with E-state index in [1.54, 1.807) is 0 Å². The number of carboxylic acids is 1. The van der Waals surface area contributed by atoms with Crippen molar-refractivity contribution in [2.24, 2.45) is 5.92 Å². The van der Waals surface area contributed by atoms with Crippen LogP contribution < -0.4 is 0 Å². The molecule has 0 heterocycles. The highest BCUT2D eigenvalue weighted by Crippen LogP contribution is 2.36. The number of carbonyl (C=O) groups excluding carboxylic acids is 1. The summed E-state index contributed by atoms with van der Waals surface area (Å²) in [5.74, 6) is -2.75. The first-order valence-electron chi connectivity index (χ1n) is 5.02. The zero-order valence-corrected chi connectivity index (χ0v) is 8.32. The van der Waals surface area contributed by atoms with Crippen molar-refractivity contribution in [3.63, 3.8) is 0 Å². The average Bonchev–Trinajstić information content (AvgIpc) is 2.17. The van der Waals surface area contributed by atoms with Crippen molar-refractivity contribution < 1.29 is 19.8 Å². The third-order valence-electron chi connectivity index (χ3n) is 3.12. The summed E-state index contributed by atoms with van der Waals surface area (Å²) in [7, 11) is 0. The maximum absolute atomic E-state index is 11.3. The van der Waals surface area contributed by atoms with Gasteiger partial charge in [0.1, 0.15) is 5.60 Å². The molecule has 4 nitrogen and oxygen atoms in total. The van der Waals surface area contributed by atoms with Gasteiger partial charge in [0, 0.05) is 0 Å². The van der Waals surface area contributed by atoms with Crippen LogP contribution in [0.1, 0.15) is 39.0 Å². The van der Waals surface area contributed by atoms with Crippen LogP contribution in [0.3, 0.4) is 0 Å². The fourth-order valence-corrected chi connectivity index (χ4v) is 2.25. The van der Waals surface area contributed by atoms with Crippen LogP contribution in [-0.2, 0) is 9.59 Å². The van der Waals surface area contributed by atoms with Gasteiger partial charge in [0.05, 0.1) is 0 Å². The monoisotopic (exact) mass is 200 g/mol. The van der Waals surface area contributed by atoms with E-state index in [9.17, 15) is 14.7 Å². The van der Waals surface area contributed by atoms with E-state index in [0.29, 0.717) is 6.42 Å². The van der Waals surface area contributed by atoms with E-state index in [4.69, 9.17) is 5.11 Å². The Bertz CT molecular complexity index is 249. The summed E-state index contributed by atoms with van der Waals surface area (Å²) in [5.41, 5.74) is -1.61. The topological polar surface area (TPSA) is 74.6 Å². The second kappa shape index (κ2) is 4.09. The summed E-state index contributed by atoms with van der Waals surface area (Å²) < 4.78 is 0. The molecule has 0 amide bonds. The van der Waals surface area contributed by atoms with Gasteiger partial charge in [-0.05, 0) is 18.8 Å². The van der Waals surface area contributed by atoms with E-state index in [-0.39, 0.29) is 12.3 Å². The third-order valence-corrected chi connectivity index (χ3v) is 3.12. The van der Waals surface area contributed by atoms with Crippen molar-refractivity contribution >= 4 is 11.8 Å². The molecule has 14 heavy (non-hydrogen) atoms. The maximum atomic E-state index is 11.3. The molecule has 0 aromatic heterocycles. The highest BCUT2D eigenvalue weighted by molar-refractivity contribution is 6.36. The van der Waals surface area contributed by atoms with Crippen LogP contribution >= 0.6 is 0 Å². The standard InChI is InChI=1S/C10H16O4/c1-2-7-5-3-4-6-10(7,14)8(11)9(12)13/h7,14H,2-6H2,1H3,(H,12,13)/t7-,10-/m1/s1. The molecule has 0 aromatic carbocycles. The summed E-state index contributed by atoms with van der Waals surface area (Å²) in [6.07, 6.45) is 3.37. The Labute approximate surface area is 82.9 Å². The van der Waals surface area contributed by atoms with Crippen molar-refractivity contribution in [2.75, 3.05) is 0 Å². The lowest BCUT2D eigenvalue weighted by Gasteiger charge is -2.36. The summed E-state index contributed by atoms with van der Waals surface area (Å²) in [6, 6.07) is 0.